The third-order valence-electron chi connectivity index (χ3n) is 23.1. The number of carbonyl (C=O) groups is 3. The van der Waals surface area contributed by atoms with Crippen molar-refractivity contribution in [1.29, 1.82) is 0 Å². The molecule has 15 nitrogen and oxygen atoms in total. The van der Waals surface area contributed by atoms with E-state index in [1.165, 1.54) is 75.5 Å². The fourth-order valence-corrected chi connectivity index (χ4v) is 16.5. The molecule has 114 heavy (non-hydrogen) atoms. The van der Waals surface area contributed by atoms with E-state index in [0.29, 0.717) is 19.8 Å². The number of benzene rings is 6. The SMILES string of the molecule is CCCCCCCC(CCCCCCCCC1c2ccc(O)cc2OC[C-]1c1ccc(O)cc1)C(=O)O.CCCCCCCC(CCCCCCCCC1c2ccc(O)cc2OC[C-]1c1ccc(O)cc1)C(=O)O.CCCCCCCC(CCCCCCCCC1c2ccc(O)cc2OC[C-]1c1ccc(O)cc1)C(=O)O.[Pr].[Pr].[Pr]. The van der Waals surface area contributed by atoms with Gasteiger partial charge in [-0.25, -0.2) is 0 Å². The first-order chi connectivity index (χ1) is 54.0. The Bertz CT molecular complexity index is 3200. The maximum Gasteiger partial charge on any atom is 0.306 e. The summed E-state index contributed by atoms with van der Waals surface area (Å²) in [5, 5.41) is 87.4. The van der Waals surface area contributed by atoms with Crippen LogP contribution in [0.3, 0.4) is 0 Å². The van der Waals surface area contributed by atoms with E-state index in [-0.39, 0.29) is 194 Å². The topological polar surface area (TPSA) is 261 Å². The van der Waals surface area contributed by atoms with Gasteiger partial charge >= 0.3 is 17.9 Å². The minimum absolute atomic E-state index is 0. The fourth-order valence-electron chi connectivity index (χ4n) is 16.5. The molecule has 0 fully saturated rings. The average Bonchev–Trinajstić information content (AvgIpc) is 0.798. The zero-order valence-corrected chi connectivity index (χ0v) is 80.2. The maximum atomic E-state index is 11.6. The second kappa shape index (κ2) is 59.3. The van der Waals surface area contributed by atoms with Gasteiger partial charge in [-0.3, -0.25) is 14.4 Å². The van der Waals surface area contributed by atoms with Crippen LogP contribution < -0.4 is 14.2 Å². The van der Waals surface area contributed by atoms with Gasteiger partial charge in [0.2, 0.25) is 0 Å². The molecular formula is C96H135O15Pr3-3. The third-order valence-corrected chi connectivity index (χ3v) is 23.1. The van der Waals surface area contributed by atoms with E-state index in [9.17, 15) is 60.3 Å². The summed E-state index contributed by atoms with van der Waals surface area (Å²) in [5.41, 5.74) is 6.59. The Hall–Kier alpha value is -4.37. The Balaban J connectivity index is 0.000000356. The van der Waals surface area contributed by atoms with Crippen molar-refractivity contribution in [1.82, 2.24) is 0 Å². The number of aromatic hydroxyl groups is 6. The van der Waals surface area contributed by atoms with Crippen molar-refractivity contribution in [2.75, 3.05) is 19.8 Å². The summed E-state index contributed by atoms with van der Waals surface area (Å²) in [4.78, 5) is 34.8. The van der Waals surface area contributed by atoms with Crippen LogP contribution in [0.2, 0.25) is 0 Å². The second-order valence-electron chi connectivity index (χ2n) is 31.7. The molecule has 9 N–H and O–H groups in total. The second-order valence-corrected chi connectivity index (χ2v) is 31.7. The van der Waals surface area contributed by atoms with Crippen molar-refractivity contribution in [2.45, 2.75) is 308 Å². The molecule has 0 saturated carbocycles. The molecule has 0 bridgehead atoms. The Morgan fingerprint density at radius 1 is 0.289 bits per heavy atom. The van der Waals surface area contributed by atoms with Crippen molar-refractivity contribution in [3.63, 3.8) is 0 Å². The van der Waals surface area contributed by atoms with Gasteiger partial charge < -0.3 is 60.2 Å². The normalized spacial score (nSPS) is 15.3. The minimum atomic E-state index is -0.624. The molecule has 0 amide bonds. The molecule has 0 saturated heterocycles. The van der Waals surface area contributed by atoms with Gasteiger partial charge in [0.1, 0.15) is 34.5 Å². The number of hydrogen-bond donors (Lipinski definition) is 9. The van der Waals surface area contributed by atoms with E-state index in [4.69, 9.17) is 14.2 Å². The van der Waals surface area contributed by atoms with Gasteiger partial charge in [-0.1, -0.05) is 307 Å². The monoisotopic (exact) mass is 1950 g/mol. The van der Waals surface area contributed by atoms with Crippen LogP contribution in [0.1, 0.15) is 342 Å². The number of hydrogen-bond acceptors (Lipinski definition) is 12. The largest absolute Gasteiger partial charge is 0.510 e. The molecule has 6 aromatic carbocycles. The van der Waals surface area contributed by atoms with Gasteiger partial charge in [0.05, 0.1) is 54.8 Å². The van der Waals surface area contributed by atoms with Crippen molar-refractivity contribution >= 4 is 17.9 Å². The third kappa shape index (κ3) is 37.1. The Labute approximate surface area is 783 Å². The van der Waals surface area contributed by atoms with Gasteiger partial charge in [-0.15, -0.1) is 17.8 Å². The maximum absolute atomic E-state index is 11.6. The number of carboxylic acid groups (broad SMARTS) is 3. The first-order valence-electron chi connectivity index (χ1n) is 43.0. The van der Waals surface area contributed by atoms with Crippen LogP contribution in [0.4, 0.5) is 0 Å². The van der Waals surface area contributed by atoms with Gasteiger partial charge in [-0.05, 0) is 91.2 Å². The molecule has 0 spiro atoms. The van der Waals surface area contributed by atoms with Crippen LogP contribution in [0, 0.1) is 159 Å². The van der Waals surface area contributed by atoms with Gasteiger partial charge in [0, 0.05) is 142 Å². The Morgan fingerprint density at radius 2 is 0.482 bits per heavy atom. The Morgan fingerprint density at radius 3 is 0.693 bits per heavy atom. The average molecular weight is 1950 g/mol. The Kier molecular flexibility index (Phi) is 53.1. The van der Waals surface area contributed by atoms with Gasteiger partial charge in [0.15, 0.2) is 0 Å². The number of fused-ring (bicyclic) bond motifs is 3. The van der Waals surface area contributed by atoms with Crippen LogP contribution in [0.5, 0.6) is 51.7 Å². The molecule has 3 aliphatic rings. The molecule has 6 aromatic rings. The van der Waals surface area contributed by atoms with E-state index < -0.39 is 17.9 Å². The van der Waals surface area contributed by atoms with Crippen molar-refractivity contribution in [3.8, 4) is 51.7 Å². The van der Waals surface area contributed by atoms with Crippen molar-refractivity contribution in [2.24, 2.45) is 17.8 Å². The summed E-state index contributed by atoms with van der Waals surface area (Å²) in [6, 6.07) is 38.2. The summed E-state index contributed by atoms with van der Waals surface area (Å²) in [6.45, 7) is 8.04. The fraction of sp³-hybridized carbons (Fsp3) is 0.562. The zero-order valence-electron chi connectivity index (χ0n) is 69.1. The van der Waals surface area contributed by atoms with Crippen molar-refractivity contribution in [3.05, 3.63) is 179 Å². The summed E-state index contributed by atoms with van der Waals surface area (Å²) < 4.78 is 17.9. The van der Waals surface area contributed by atoms with E-state index in [2.05, 4.69) is 20.8 Å². The molecule has 3 radical (unpaired) electrons. The van der Waals surface area contributed by atoms with E-state index in [0.717, 1.165) is 263 Å². The van der Waals surface area contributed by atoms with Crippen LogP contribution in [0.15, 0.2) is 127 Å². The first kappa shape index (κ1) is 102. The van der Waals surface area contributed by atoms with Crippen molar-refractivity contribution < 1.29 is 198 Å². The first-order valence-corrected chi connectivity index (χ1v) is 43.0. The minimum Gasteiger partial charge on any atom is -0.510 e. The number of ether oxygens (including phenoxy) is 3. The van der Waals surface area contributed by atoms with Crippen LogP contribution in [-0.4, -0.2) is 83.7 Å². The number of rotatable bonds is 51. The van der Waals surface area contributed by atoms with Crippen LogP contribution in [-0.2, 0) is 14.4 Å². The predicted octanol–water partition coefficient (Wildman–Crippen LogP) is 25.1. The molecule has 9 rings (SSSR count). The summed E-state index contributed by atoms with van der Waals surface area (Å²) >= 11 is 0. The molecule has 18 heteroatoms. The van der Waals surface area contributed by atoms with Gasteiger partial charge in [0.25, 0.3) is 0 Å². The molecule has 6 atom stereocenters. The molecule has 0 aromatic heterocycles. The standard InChI is InChI=1S/3C32H45O5.3Pr/c3*1-2-3-4-7-10-13-25(32(35)36)14-11-8-5-6-9-12-15-28-29-21-20-27(34)22-31(29)37-23-30(28)24-16-18-26(33)19-17-24;;;/h3*16-22,25,28,33-34H,2-15,23H2,1H3,(H,35,36);;;/q3*-1;;;. The van der Waals surface area contributed by atoms with E-state index in [1.807, 2.05) is 54.6 Å². The van der Waals surface area contributed by atoms with Gasteiger partial charge in [-0.2, -0.15) is 53.1 Å². The summed E-state index contributed by atoms with van der Waals surface area (Å²) in [6.07, 6.45) is 45.5. The van der Waals surface area contributed by atoms with Crippen LogP contribution in [0.25, 0.3) is 0 Å². The zero-order chi connectivity index (χ0) is 79.4. The predicted molar refractivity (Wildman–Crippen MR) is 445 cm³/mol. The molecule has 3 heterocycles. The molecule has 0 aliphatic carbocycles. The summed E-state index contributed by atoms with van der Waals surface area (Å²) in [7, 11) is 0. The smallest absolute Gasteiger partial charge is 0.306 e. The number of phenolic OH excluding ortho intramolecular Hbond substituents is 6. The molecule has 621 valence electrons. The van der Waals surface area contributed by atoms with Crippen LogP contribution >= 0.6 is 0 Å². The molecule has 3 aliphatic heterocycles. The molecular weight excluding hydrogens is 1820 g/mol. The van der Waals surface area contributed by atoms with E-state index >= 15 is 0 Å². The number of unbranched alkanes of at least 4 members (excludes halogenated alkanes) is 27. The molecule has 6 unspecified atom stereocenters. The number of carboxylic acids is 3. The quantitative estimate of drug-likeness (QED) is 0.0127. The number of aliphatic carboxylic acids is 3. The van der Waals surface area contributed by atoms with E-state index in [1.54, 1.807) is 72.8 Å². The number of phenols is 6. The summed E-state index contributed by atoms with van der Waals surface area (Å²) in [5.74, 6) is 5.59.